The number of H-pyrrole nitrogens is 1. The molecule has 0 saturated carbocycles. The average Bonchev–Trinajstić information content (AvgIpc) is 2.99. The maximum atomic E-state index is 14.9. The predicted octanol–water partition coefficient (Wildman–Crippen LogP) is 4.60. The van der Waals surface area contributed by atoms with Crippen LogP contribution in [0.25, 0.3) is 0 Å². The van der Waals surface area contributed by atoms with E-state index in [1.54, 1.807) is 20.0 Å². The normalized spacial score (nSPS) is 16.0. The molecule has 0 aromatic carbocycles. The summed E-state index contributed by atoms with van der Waals surface area (Å²) in [6, 6.07) is 1.49. The topological polar surface area (TPSA) is 63.4 Å². The minimum absolute atomic E-state index is 0.0917. The number of alkyl halides is 3. The molecular formula is C17H29F3N2O3Si. The lowest BCUT2D eigenvalue weighted by molar-refractivity contribution is -0.138. The van der Waals surface area contributed by atoms with E-state index in [-0.39, 0.29) is 18.0 Å². The van der Waals surface area contributed by atoms with Gasteiger partial charge in [0.15, 0.2) is 21.2 Å². The van der Waals surface area contributed by atoms with Crippen molar-refractivity contribution in [3.8, 4) is 0 Å². The predicted molar refractivity (Wildman–Crippen MR) is 98.2 cm³/mol. The molecule has 0 aliphatic carbocycles. The number of hydrogen-bond donors (Lipinski definition) is 2. The number of aromatic nitrogens is 1. The van der Waals surface area contributed by atoms with Crippen LogP contribution in [0.1, 0.15) is 38.2 Å². The van der Waals surface area contributed by atoms with E-state index < -0.39 is 44.6 Å². The van der Waals surface area contributed by atoms with Crippen molar-refractivity contribution in [3.05, 3.63) is 18.0 Å². The summed E-state index contributed by atoms with van der Waals surface area (Å²) in [5.74, 6) is -3.67. The number of esters is 1. The summed E-state index contributed by atoms with van der Waals surface area (Å²) in [7, 11) is -2.72. The lowest BCUT2D eigenvalue weighted by Gasteiger charge is -2.41. The molecule has 0 amide bonds. The Morgan fingerprint density at radius 3 is 2.50 bits per heavy atom. The monoisotopic (exact) mass is 394 g/mol. The van der Waals surface area contributed by atoms with Crippen molar-refractivity contribution >= 4 is 20.0 Å². The highest BCUT2D eigenvalue weighted by Gasteiger charge is 2.50. The Balaban J connectivity index is 2.84. The molecule has 2 N–H and O–H groups in total. The van der Waals surface area contributed by atoms with Crippen LogP contribution in [0.5, 0.6) is 0 Å². The van der Waals surface area contributed by atoms with Crippen LogP contribution in [-0.4, -0.2) is 51.1 Å². The fourth-order valence-electron chi connectivity index (χ4n) is 1.99. The second kappa shape index (κ2) is 8.47. The molecule has 0 aliphatic rings. The second-order valence-corrected chi connectivity index (χ2v) is 12.3. The summed E-state index contributed by atoms with van der Waals surface area (Å²) in [5.41, 5.74) is 0.341. The molecule has 2 unspecified atom stereocenters. The van der Waals surface area contributed by atoms with Gasteiger partial charge in [-0.05, 0) is 31.1 Å². The van der Waals surface area contributed by atoms with Crippen molar-refractivity contribution in [2.45, 2.75) is 57.9 Å². The highest BCUT2D eigenvalue weighted by Crippen LogP contribution is 2.41. The summed E-state index contributed by atoms with van der Waals surface area (Å²) in [5, 5.41) is 2.22. The van der Waals surface area contributed by atoms with E-state index in [0.717, 1.165) is 0 Å². The summed E-state index contributed by atoms with van der Waals surface area (Å²) in [4.78, 5) is 14.5. The van der Waals surface area contributed by atoms with Gasteiger partial charge in [0, 0.05) is 6.20 Å². The third-order valence-electron chi connectivity index (χ3n) is 4.58. The number of nitrogens with one attached hydrogen (secondary N) is 2. The van der Waals surface area contributed by atoms with Gasteiger partial charge in [-0.1, -0.05) is 20.8 Å². The van der Waals surface area contributed by atoms with Crippen LogP contribution >= 0.6 is 0 Å². The fraction of sp³-hybridized carbons (Fsp3) is 0.706. The highest BCUT2D eigenvalue weighted by molar-refractivity contribution is 6.74. The van der Waals surface area contributed by atoms with Crippen LogP contribution in [0, 0.1) is 0 Å². The van der Waals surface area contributed by atoms with E-state index in [2.05, 4.69) is 10.3 Å². The number of hydrogen-bond acceptors (Lipinski definition) is 4. The fourth-order valence-corrected chi connectivity index (χ4v) is 3.33. The molecule has 0 bridgehead atoms. The van der Waals surface area contributed by atoms with Crippen molar-refractivity contribution < 1.29 is 27.1 Å². The van der Waals surface area contributed by atoms with Crippen molar-refractivity contribution in [2.75, 3.05) is 25.1 Å². The molecule has 0 spiro atoms. The Hall–Kier alpha value is -1.48. The van der Waals surface area contributed by atoms with Crippen LogP contribution in [0.2, 0.25) is 18.1 Å². The van der Waals surface area contributed by atoms with Crippen molar-refractivity contribution in [2.24, 2.45) is 0 Å². The highest BCUT2D eigenvalue weighted by atomic mass is 28.4. The Morgan fingerprint density at radius 2 is 2.00 bits per heavy atom. The third kappa shape index (κ3) is 5.26. The molecule has 1 heterocycles. The molecule has 9 heteroatoms. The number of rotatable bonds is 9. The van der Waals surface area contributed by atoms with Gasteiger partial charge in [0.05, 0.1) is 18.8 Å². The number of ether oxygens (including phenoxy) is 1. The van der Waals surface area contributed by atoms with Crippen LogP contribution in [0.3, 0.4) is 0 Å². The minimum atomic E-state index is -3.05. The van der Waals surface area contributed by atoms with Gasteiger partial charge in [-0.3, -0.25) is 0 Å². The molecule has 1 rings (SSSR count). The molecule has 0 saturated heterocycles. The Labute approximate surface area is 153 Å². The quantitative estimate of drug-likeness (QED) is 0.475. The van der Waals surface area contributed by atoms with Gasteiger partial charge < -0.3 is 19.5 Å². The van der Waals surface area contributed by atoms with Crippen LogP contribution < -0.4 is 5.32 Å². The molecule has 150 valence electrons. The van der Waals surface area contributed by atoms with Gasteiger partial charge in [0.1, 0.15) is 5.69 Å². The molecule has 1 aromatic heterocycles. The largest absolute Gasteiger partial charge is 0.461 e. The molecule has 0 aliphatic heterocycles. The Morgan fingerprint density at radius 1 is 1.38 bits per heavy atom. The summed E-state index contributed by atoms with van der Waals surface area (Å²) in [6.45, 7) is 8.70. The van der Waals surface area contributed by atoms with Crippen molar-refractivity contribution in [1.29, 1.82) is 0 Å². The van der Waals surface area contributed by atoms with E-state index in [4.69, 9.17) is 9.16 Å². The maximum Gasteiger partial charge on any atom is 0.356 e. The standard InChI is InChI=1S/C17H29F3N2O3Si/c1-7-24-15(23)14-12(8-9-21-14)22-10-13(19)17(20,11-18)25-26(5,6)16(2,3)4/h8-9,13,21-22H,7,10-11H2,1-6H3. The van der Waals surface area contributed by atoms with E-state index in [1.165, 1.54) is 12.3 Å². The van der Waals surface area contributed by atoms with E-state index in [0.29, 0.717) is 0 Å². The van der Waals surface area contributed by atoms with Gasteiger partial charge >= 0.3 is 5.97 Å². The zero-order valence-electron chi connectivity index (χ0n) is 16.2. The number of anilines is 1. The average molecular weight is 395 g/mol. The number of halogens is 3. The van der Waals surface area contributed by atoms with E-state index >= 15 is 0 Å². The zero-order valence-corrected chi connectivity index (χ0v) is 17.2. The van der Waals surface area contributed by atoms with Gasteiger partial charge in [-0.15, -0.1) is 0 Å². The Kier molecular flexibility index (Phi) is 7.35. The smallest absolute Gasteiger partial charge is 0.356 e. The first-order chi connectivity index (χ1) is 11.9. The van der Waals surface area contributed by atoms with Gasteiger partial charge in [0.2, 0.25) is 0 Å². The van der Waals surface area contributed by atoms with Crippen LogP contribution in [0.4, 0.5) is 18.9 Å². The molecular weight excluding hydrogens is 365 g/mol. The maximum absolute atomic E-state index is 14.9. The minimum Gasteiger partial charge on any atom is -0.461 e. The summed E-state index contributed by atoms with van der Waals surface area (Å²) in [6.07, 6.45) is -0.794. The number of aromatic amines is 1. The number of carbonyl (C=O) groups is 1. The van der Waals surface area contributed by atoms with Gasteiger partial charge in [-0.25, -0.2) is 18.0 Å². The molecule has 26 heavy (non-hydrogen) atoms. The van der Waals surface area contributed by atoms with Crippen LogP contribution in [0.15, 0.2) is 12.3 Å². The Bertz CT molecular complexity index is 604. The first-order valence-electron chi connectivity index (χ1n) is 8.55. The SMILES string of the molecule is CCOC(=O)c1[nH]ccc1NCC(F)C(F)(CF)O[Si](C)(C)C(C)(C)C. The van der Waals surface area contributed by atoms with E-state index in [1.807, 2.05) is 20.8 Å². The van der Waals surface area contributed by atoms with Gasteiger partial charge in [-0.2, -0.15) is 0 Å². The molecule has 1 aromatic rings. The molecule has 0 radical (unpaired) electrons. The van der Waals surface area contributed by atoms with Gasteiger partial charge in [0.25, 0.3) is 5.85 Å². The first-order valence-corrected chi connectivity index (χ1v) is 11.5. The molecule has 5 nitrogen and oxygen atoms in total. The molecule has 0 fully saturated rings. The van der Waals surface area contributed by atoms with E-state index in [9.17, 15) is 18.0 Å². The zero-order chi connectivity index (χ0) is 20.2. The first kappa shape index (κ1) is 22.6. The lowest BCUT2D eigenvalue weighted by atomic mass is 10.2. The second-order valence-electron chi connectivity index (χ2n) is 7.62. The lowest BCUT2D eigenvalue weighted by Crippen LogP contribution is -2.54. The summed E-state index contributed by atoms with van der Waals surface area (Å²) >= 11 is 0. The number of carbonyl (C=O) groups excluding carboxylic acids is 1. The summed E-state index contributed by atoms with van der Waals surface area (Å²) < 4.78 is 53.0. The van der Waals surface area contributed by atoms with Crippen molar-refractivity contribution in [3.63, 3.8) is 0 Å². The molecule has 2 atom stereocenters. The third-order valence-corrected chi connectivity index (χ3v) is 9.04. The van der Waals surface area contributed by atoms with Crippen LogP contribution in [-0.2, 0) is 9.16 Å². The van der Waals surface area contributed by atoms with Crippen molar-refractivity contribution in [1.82, 2.24) is 4.98 Å².